The second-order valence-corrected chi connectivity index (χ2v) is 6.10. The predicted molar refractivity (Wildman–Crippen MR) is 74.9 cm³/mol. The average molecular weight is 284 g/mol. The lowest BCUT2D eigenvalue weighted by Crippen LogP contribution is -2.32. The van der Waals surface area contributed by atoms with Gasteiger partial charge in [-0.05, 0) is 33.6 Å². The Morgan fingerprint density at radius 1 is 1.63 bits per heavy atom. The summed E-state index contributed by atoms with van der Waals surface area (Å²) in [5.74, 6) is -0.354. The first-order valence-corrected chi connectivity index (χ1v) is 7.38. The Labute approximate surface area is 117 Å². The summed E-state index contributed by atoms with van der Waals surface area (Å²) in [5, 5.41) is 4.01. The summed E-state index contributed by atoms with van der Waals surface area (Å²) in [7, 11) is 0. The second-order valence-electron chi connectivity index (χ2n) is 4.90. The predicted octanol–water partition coefficient (Wildman–Crippen LogP) is 2.61. The molecule has 1 aliphatic heterocycles. The Bertz CT molecular complexity index is 453. The zero-order valence-corrected chi connectivity index (χ0v) is 12.4. The first kappa shape index (κ1) is 14.3. The van der Waals surface area contributed by atoms with Crippen LogP contribution in [0.1, 0.15) is 42.1 Å². The molecule has 1 aromatic heterocycles. The number of carbonyl (C=O) groups is 1. The number of carbonyl (C=O) groups excluding carboxylic acids is 1. The van der Waals surface area contributed by atoms with Crippen LogP contribution in [0.15, 0.2) is 0 Å². The van der Waals surface area contributed by atoms with Crippen molar-refractivity contribution in [2.75, 3.05) is 25.1 Å². The zero-order chi connectivity index (χ0) is 13.9. The molecule has 0 aliphatic carbocycles. The van der Waals surface area contributed by atoms with Crippen LogP contribution in [0.4, 0.5) is 5.13 Å². The molecule has 0 amide bonds. The van der Waals surface area contributed by atoms with Gasteiger partial charge >= 0.3 is 5.97 Å². The van der Waals surface area contributed by atoms with Crippen molar-refractivity contribution in [3.8, 4) is 0 Å². The first-order chi connectivity index (χ1) is 9.04. The summed E-state index contributed by atoms with van der Waals surface area (Å²) in [6.07, 6.45) is 2.15. The standard InChI is InChI=1S/C13H20N2O3S/c1-4-17-11(16)10-9(2)19-12(15-10)14-8-13(3)6-5-7-18-13/h4-8H2,1-3H3,(H,14,15). The van der Waals surface area contributed by atoms with E-state index in [-0.39, 0.29) is 11.6 Å². The molecule has 0 radical (unpaired) electrons. The smallest absolute Gasteiger partial charge is 0.358 e. The molecule has 0 saturated carbocycles. The van der Waals surface area contributed by atoms with Crippen LogP contribution < -0.4 is 5.32 Å². The van der Waals surface area contributed by atoms with E-state index in [9.17, 15) is 4.79 Å². The van der Waals surface area contributed by atoms with Gasteiger partial charge in [0.1, 0.15) is 0 Å². The van der Waals surface area contributed by atoms with Crippen LogP contribution in [0.3, 0.4) is 0 Å². The summed E-state index contributed by atoms with van der Waals surface area (Å²) in [6.45, 7) is 7.66. The van der Waals surface area contributed by atoms with Crippen LogP contribution in [0.5, 0.6) is 0 Å². The number of hydrogen-bond acceptors (Lipinski definition) is 6. The molecule has 1 aromatic rings. The highest BCUT2D eigenvalue weighted by molar-refractivity contribution is 7.15. The van der Waals surface area contributed by atoms with Crippen molar-refractivity contribution < 1.29 is 14.3 Å². The SMILES string of the molecule is CCOC(=O)c1nc(NCC2(C)CCCO2)sc1C. The van der Waals surface area contributed by atoms with Gasteiger partial charge in [0.05, 0.1) is 12.2 Å². The van der Waals surface area contributed by atoms with Gasteiger partial charge in [0.15, 0.2) is 10.8 Å². The molecule has 2 heterocycles. The van der Waals surface area contributed by atoms with Gasteiger partial charge in [0.2, 0.25) is 0 Å². The Hall–Kier alpha value is -1.14. The quantitative estimate of drug-likeness (QED) is 0.842. The van der Waals surface area contributed by atoms with E-state index >= 15 is 0 Å². The monoisotopic (exact) mass is 284 g/mol. The maximum Gasteiger partial charge on any atom is 0.358 e. The van der Waals surface area contributed by atoms with Crippen molar-refractivity contribution in [2.24, 2.45) is 0 Å². The molecule has 106 valence electrons. The molecule has 0 spiro atoms. The minimum atomic E-state index is -0.354. The largest absolute Gasteiger partial charge is 0.461 e. The number of ether oxygens (including phenoxy) is 2. The number of aromatic nitrogens is 1. The van der Waals surface area contributed by atoms with E-state index in [1.807, 2.05) is 6.92 Å². The van der Waals surface area contributed by atoms with Gasteiger partial charge in [0, 0.05) is 18.0 Å². The molecule has 1 aliphatic rings. The Morgan fingerprint density at radius 2 is 2.42 bits per heavy atom. The number of thiazole rings is 1. The molecule has 1 atom stereocenters. The highest BCUT2D eigenvalue weighted by Gasteiger charge is 2.30. The van der Waals surface area contributed by atoms with E-state index in [2.05, 4.69) is 17.2 Å². The molecule has 0 aromatic carbocycles. The molecular formula is C13H20N2O3S. The van der Waals surface area contributed by atoms with Crippen LogP contribution >= 0.6 is 11.3 Å². The molecule has 2 rings (SSSR count). The molecule has 0 bridgehead atoms. The Kier molecular flexibility index (Phi) is 4.42. The molecule has 1 saturated heterocycles. The van der Waals surface area contributed by atoms with E-state index in [1.54, 1.807) is 6.92 Å². The summed E-state index contributed by atoms with van der Waals surface area (Å²) in [4.78, 5) is 16.8. The van der Waals surface area contributed by atoms with E-state index in [0.717, 1.165) is 29.5 Å². The molecule has 19 heavy (non-hydrogen) atoms. The lowest BCUT2D eigenvalue weighted by Gasteiger charge is -2.22. The highest BCUT2D eigenvalue weighted by Crippen LogP contribution is 2.27. The van der Waals surface area contributed by atoms with E-state index in [4.69, 9.17) is 9.47 Å². The zero-order valence-electron chi connectivity index (χ0n) is 11.6. The van der Waals surface area contributed by atoms with E-state index in [1.165, 1.54) is 11.3 Å². The fourth-order valence-electron chi connectivity index (χ4n) is 2.10. The Morgan fingerprint density at radius 3 is 3.05 bits per heavy atom. The summed E-state index contributed by atoms with van der Waals surface area (Å²) in [5.41, 5.74) is 0.288. The third-order valence-electron chi connectivity index (χ3n) is 3.18. The lowest BCUT2D eigenvalue weighted by atomic mass is 10.0. The number of aryl methyl sites for hydroxylation is 1. The van der Waals surface area contributed by atoms with Crippen molar-refractivity contribution in [3.05, 3.63) is 10.6 Å². The van der Waals surface area contributed by atoms with Gasteiger partial charge in [-0.2, -0.15) is 0 Å². The van der Waals surface area contributed by atoms with Gasteiger partial charge in [-0.1, -0.05) is 0 Å². The number of nitrogens with zero attached hydrogens (tertiary/aromatic N) is 1. The number of nitrogens with one attached hydrogen (secondary N) is 1. The maximum atomic E-state index is 11.7. The third kappa shape index (κ3) is 3.45. The first-order valence-electron chi connectivity index (χ1n) is 6.56. The fraction of sp³-hybridized carbons (Fsp3) is 0.692. The number of rotatable bonds is 5. The van der Waals surface area contributed by atoms with Crippen LogP contribution in [-0.4, -0.2) is 36.3 Å². The fourth-order valence-corrected chi connectivity index (χ4v) is 2.90. The molecule has 1 N–H and O–H groups in total. The van der Waals surface area contributed by atoms with Crippen molar-refractivity contribution >= 4 is 22.4 Å². The third-order valence-corrected chi connectivity index (χ3v) is 4.11. The molecule has 6 heteroatoms. The van der Waals surface area contributed by atoms with Crippen LogP contribution in [-0.2, 0) is 9.47 Å². The van der Waals surface area contributed by atoms with Gasteiger partial charge in [-0.25, -0.2) is 9.78 Å². The van der Waals surface area contributed by atoms with Gasteiger partial charge in [0.25, 0.3) is 0 Å². The second kappa shape index (κ2) is 5.88. The van der Waals surface area contributed by atoms with Crippen molar-refractivity contribution in [1.29, 1.82) is 0 Å². The number of hydrogen-bond donors (Lipinski definition) is 1. The molecule has 5 nitrogen and oxygen atoms in total. The van der Waals surface area contributed by atoms with Crippen molar-refractivity contribution in [3.63, 3.8) is 0 Å². The summed E-state index contributed by atoms with van der Waals surface area (Å²) in [6, 6.07) is 0. The summed E-state index contributed by atoms with van der Waals surface area (Å²) >= 11 is 1.47. The van der Waals surface area contributed by atoms with E-state index < -0.39 is 0 Å². The van der Waals surface area contributed by atoms with Crippen LogP contribution in [0, 0.1) is 6.92 Å². The maximum absolute atomic E-state index is 11.7. The highest BCUT2D eigenvalue weighted by atomic mass is 32.1. The van der Waals surface area contributed by atoms with Crippen molar-refractivity contribution in [2.45, 2.75) is 39.2 Å². The van der Waals surface area contributed by atoms with Gasteiger partial charge in [-0.15, -0.1) is 11.3 Å². The number of esters is 1. The lowest BCUT2D eigenvalue weighted by molar-refractivity contribution is 0.0315. The van der Waals surface area contributed by atoms with Gasteiger partial charge in [-0.3, -0.25) is 0 Å². The van der Waals surface area contributed by atoms with Crippen LogP contribution in [0.2, 0.25) is 0 Å². The molecule has 1 fully saturated rings. The molecular weight excluding hydrogens is 264 g/mol. The van der Waals surface area contributed by atoms with E-state index in [0.29, 0.717) is 18.8 Å². The minimum Gasteiger partial charge on any atom is -0.461 e. The minimum absolute atomic E-state index is 0.121. The molecule has 1 unspecified atom stereocenters. The normalized spacial score (nSPS) is 22.5. The average Bonchev–Trinajstić information content (AvgIpc) is 2.94. The topological polar surface area (TPSA) is 60.5 Å². The summed E-state index contributed by atoms with van der Waals surface area (Å²) < 4.78 is 10.7. The Balaban J connectivity index is 1.98. The van der Waals surface area contributed by atoms with Crippen LogP contribution in [0.25, 0.3) is 0 Å². The number of anilines is 1. The van der Waals surface area contributed by atoms with Crippen molar-refractivity contribution in [1.82, 2.24) is 4.98 Å². The van der Waals surface area contributed by atoms with Gasteiger partial charge < -0.3 is 14.8 Å².